The van der Waals surface area contributed by atoms with Crippen LogP contribution in [0.25, 0.3) is 0 Å². The number of hydrogen-bond acceptors (Lipinski definition) is 2. The molecule has 4 heteroatoms. The Bertz CT molecular complexity index is 320. The Balaban J connectivity index is 2.10. The third kappa shape index (κ3) is 2.76. The molecule has 84 valence electrons. The van der Waals surface area contributed by atoms with Gasteiger partial charge in [-0.2, -0.15) is 0 Å². The molecular formula is C11H14BrClOS. The molecule has 1 aromatic rings. The Kier molecular flexibility index (Phi) is 4.10. The average molecular weight is 310 g/mol. The average Bonchev–Trinajstić information content (AvgIpc) is 2.66. The number of rotatable bonds is 3. The molecule has 0 amide bonds. The normalized spacial score (nSPS) is 26.8. The zero-order valence-corrected chi connectivity index (χ0v) is 11.6. The number of hydrogen-bond donors (Lipinski definition) is 0. The topological polar surface area (TPSA) is 9.23 Å². The van der Waals surface area contributed by atoms with Crippen LogP contribution in [0.2, 0.25) is 0 Å². The fourth-order valence-electron chi connectivity index (χ4n) is 1.99. The number of alkyl halides is 1. The Morgan fingerprint density at radius 1 is 1.60 bits per heavy atom. The van der Waals surface area contributed by atoms with Crippen LogP contribution in [0.15, 0.2) is 15.9 Å². The van der Waals surface area contributed by atoms with Gasteiger partial charge in [-0.1, -0.05) is 0 Å². The Morgan fingerprint density at radius 3 is 3.00 bits per heavy atom. The largest absolute Gasteiger partial charge is 0.381 e. The molecule has 1 nitrogen and oxygen atoms in total. The maximum atomic E-state index is 6.12. The van der Waals surface area contributed by atoms with Crippen molar-refractivity contribution in [1.29, 1.82) is 0 Å². The smallest absolute Gasteiger partial charge is 0.0537 e. The molecule has 1 saturated heterocycles. The van der Waals surface area contributed by atoms with Gasteiger partial charge in [-0.05, 0) is 46.6 Å². The maximum absolute atomic E-state index is 6.12. The monoisotopic (exact) mass is 308 g/mol. The third-order valence-corrected chi connectivity index (χ3v) is 5.41. The second-order valence-electron chi connectivity index (χ2n) is 4.16. The molecule has 1 aromatic heterocycles. The Morgan fingerprint density at radius 2 is 2.47 bits per heavy atom. The SMILES string of the molecule is ClCC1(Cc2sccc2Br)CCCOC1. The molecule has 0 spiro atoms. The van der Waals surface area contributed by atoms with Gasteiger partial charge in [0.25, 0.3) is 0 Å². The highest BCUT2D eigenvalue weighted by Gasteiger charge is 2.33. The Hall–Kier alpha value is 0.430. The molecular weight excluding hydrogens is 296 g/mol. The maximum Gasteiger partial charge on any atom is 0.0537 e. The van der Waals surface area contributed by atoms with Crippen LogP contribution in [0.3, 0.4) is 0 Å². The molecule has 15 heavy (non-hydrogen) atoms. The summed E-state index contributed by atoms with van der Waals surface area (Å²) in [7, 11) is 0. The van der Waals surface area contributed by atoms with Gasteiger partial charge in [-0.25, -0.2) is 0 Å². The van der Waals surface area contributed by atoms with E-state index in [-0.39, 0.29) is 5.41 Å². The highest BCUT2D eigenvalue weighted by Crippen LogP contribution is 2.37. The minimum atomic E-state index is 0.160. The van der Waals surface area contributed by atoms with E-state index in [1.165, 1.54) is 15.8 Å². The Labute approximate surface area is 108 Å². The molecule has 1 aliphatic rings. The minimum absolute atomic E-state index is 0.160. The summed E-state index contributed by atoms with van der Waals surface area (Å²) in [6.07, 6.45) is 3.35. The number of ether oxygens (including phenoxy) is 1. The van der Waals surface area contributed by atoms with Gasteiger partial charge < -0.3 is 4.74 Å². The lowest BCUT2D eigenvalue weighted by atomic mass is 9.81. The van der Waals surface area contributed by atoms with E-state index in [1.54, 1.807) is 11.3 Å². The van der Waals surface area contributed by atoms with Crippen LogP contribution in [0.5, 0.6) is 0 Å². The molecule has 1 aliphatic heterocycles. The zero-order valence-electron chi connectivity index (χ0n) is 8.47. The first-order valence-corrected chi connectivity index (χ1v) is 7.32. The van der Waals surface area contributed by atoms with Gasteiger partial charge in [0.1, 0.15) is 0 Å². The summed E-state index contributed by atoms with van der Waals surface area (Å²) in [6.45, 7) is 1.70. The van der Waals surface area contributed by atoms with Gasteiger partial charge in [0, 0.05) is 27.3 Å². The molecule has 0 radical (unpaired) electrons. The number of halogens is 2. The van der Waals surface area contributed by atoms with Gasteiger partial charge >= 0.3 is 0 Å². The predicted octanol–water partition coefficient (Wildman–Crippen LogP) is 4.09. The zero-order chi connectivity index (χ0) is 10.7. The first-order valence-electron chi connectivity index (χ1n) is 5.11. The minimum Gasteiger partial charge on any atom is -0.381 e. The highest BCUT2D eigenvalue weighted by atomic mass is 79.9. The van der Waals surface area contributed by atoms with Crippen molar-refractivity contribution in [3.63, 3.8) is 0 Å². The van der Waals surface area contributed by atoms with Crippen molar-refractivity contribution in [3.05, 3.63) is 20.8 Å². The summed E-state index contributed by atoms with van der Waals surface area (Å²) in [4.78, 5) is 1.39. The molecule has 0 N–H and O–H groups in total. The van der Waals surface area contributed by atoms with E-state index in [9.17, 15) is 0 Å². The van der Waals surface area contributed by atoms with Crippen molar-refractivity contribution in [1.82, 2.24) is 0 Å². The van der Waals surface area contributed by atoms with E-state index in [4.69, 9.17) is 16.3 Å². The summed E-state index contributed by atoms with van der Waals surface area (Å²) in [5, 5.41) is 2.12. The molecule has 1 atom stereocenters. The van der Waals surface area contributed by atoms with Crippen LogP contribution in [0.4, 0.5) is 0 Å². The van der Waals surface area contributed by atoms with Crippen LogP contribution >= 0.6 is 38.9 Å². The standard InChI is InChI=1S/C11H14BrClOS/c12-9-2-5-15-10(9)6-11(7-13)3-1-4-14-8-11/h2,5H,1,3-4,6-8H2. The van der Waals surface area contributed by atoms with Crippen molar-refractivity contribution < 1.29 is 4.74 Å². The van der Waals surface area contributed by atoms with Crippen LogP contribution in [0, 0.1) is 5.41 Å². The first-order chi connectivity index (χ1) is 7.26. The lowest BCUT2D eigenvalue weighted by Crippen LogP contribution is -2.35. The predicted molar refractivity (Wildman–Crippen MR) is 68.9 cm³/mol. The van der Waals surface area contributed by atoms with Crippen molar-refractivity contribution >= 4 is 38.9 Å². The molecule has 2 rings (SSSR count). The van der Waals surface area contributed by atoms with Gasteiger partial charge in [0.05, 0.1) is 6.61 Å². The molecule has 0 aromatic carbocycles. The van der Waals surface area contributed by atoms with Crippen molar-refractivity contribution in [3.8, 4) is 0 Å². The van der Waals surface area contributed by atoms with Gasteiger partial charge in [-0.3, -0.25) is 0 Å². The number of thiophene rings is 1. The second-order valence-corrected chi connectivity index (χ2v) is 6.28. The molecule has 2 heterocycles. The van der Waals surface area contributed by atoms with Crippen LogP contribution in [-0.4, -0.2) is 19.1 Å². The van der Waals surface area contributed by atoms with Crippen molar-refractivity contribution in [2.24, 2.45) is 5.41 Å². The fourth-order valence-corrected chi connectivity index (χ4v) is 3.97. The molecule has 0 saturated carbocycles. The molecule has 1 fully saturated rings. The van der Waals surface area contributed by atoms with Gasteiger partial charge in [0.15, 0.2) is 0 Å². The van der Waals surface area contributed by atoms with Crippen LogP contribution < -0.4 is 0 Å². The molecule has 1 unspecified atom stereocenters. The summed E-state index contributed by atoms with van der Waals surface area (Å²) in [6, 6.07) is 2.10. The van der Waals surface area contributed by atoms with Crippen LogP contribution in [0.1, 0.15) is 17.7 Å². The van der Waals surface area contributed by atoms with Crippen molar-refractivity contribution in [2.75, 3.05) is 19.1 Å². The van der Waals surface area contributed by atoms with Crippen molar-refractivity contribution in [2.45, 2.75) is 19.3 Å². The van der Waals surface area contributed by atoms with Gasteiger partial charge in [-0.15, -0.1) is 22.9 Å². The third-order valence-electron chi connectivity index (χ3n) is 2.91. The summed E-state index contributed by atoms with van der Waals surface area (Å²) < 4.78 is 6.78. The van der Waals surface area contributed by atoms with E-state index >= 15 is 0 Å². The fraction of sp³-hybridized carbons (Fsp3) is 0.636. The van der Waals surface area contributed by atoms with E-state index in [0.29, 0.717) is 5.88 Å². The lowest BCUT2D eigenvalue weighted by molar-refractivity contribution is 0.00510. The van der Waals surface area contributed by atoms with E-state index in [0.717, 1.165) is 26.1 Å². The highest BCUT2D eigenvalue weighted by molar-refractivity contribution is 9.10. The second kappa shape index (κ2) is 5.17. The summed E-state index contributed by atoms with van der Waals surface area (Å²) >= 11 is 11.5. The molecule has 0 bridgehead atoms. The van der Waals surface area contributed by atoms with E-state index < -0.39 is 0 Å². The molecule has 0 aliphatic carbocycles. The lowest BCUT2D eigenvalue weighted by Gasteiger charge is -2.35. The first kappa shape index (κ1) is 11.9. The van der Waals surface area contributed by atoms with Crippen LogP contribution in [-0.2, 0) is 11.2 Å². The van der Waals surface area contributed by atoms with E-state index in [1.807, 2.05) is 0 Å². The van der Waals surface area contributed by atoms with E-state index in [2.05, 4.69) is 27.4 Å². The summed E-state index contributed by atoms with van der Waals surface area (Å²) in [5.74, 6) is 0.692. The van der Waals surface area contributed by atoms with Gasteiger partial charge in [0.2, 0.25) is 0 Å². The summed E-state index contributed by atoms with van der Waals surface area (Å²) in [5.41, 5.74) is 0.160. The quantitative estimate of drug-likeness (QED) is 0.764.